The molecule has 0 aliphatic carbocycles. The van der Waals surface area contributed by atoms with Gasteiger partial charge in [-0.1, -0.05) is 72.8 Å². The van der Waals surface area contributed by atoms with Crippen LogP contribution in [0, 0.1) is 5.82 Å². The fourth-order valence-electron chi connectivity index (χ4n) is 2.30. The number of benzene rings is 3. The highest BCUT2D eigenvalue weighted by Gasteiger charge is 2.15. The van der Waals surface area contributed by atoms with Crippen molar-refractivity contribution in [2.45, 2.75) is 0 Å². The lowest BCUT2D eigenvalue weighted by atomic mass is 10.0. The van der Waals surface area contributed by atoms with E-state index in [-0.39, 0.29) is 17.3 Å². The molecule has 3 aromatic rings. The Morgan fingerprint density at radius 3 is 2.08 bits per heavy atom. The summed E-state index contributed by atoms with van der Waals surface area (Å²) in [5.41, 5.74) is 2.02. The van der Waals surface area contributed by atoms with Crippen LogP contribution in [0.15, 0.2) is 95.1 Å². The Hall–Kier alpha value is -3.40. The van der Waals surface area contributed by atoms with E-state index in [9.17, 15) is 9.18 Å². The zero-order chi connectivity index (χ0) is 17.5. The third-order valence-electron chi connectivity index (χ3n) is 3.51. The zero-order valence-electron chi connectivity index (χ0n) is 13.3. The smallest absolute Gasteiger partial charge is 0.213 e. The van der Waals surface area contributed by atoms with E-state index < -0.39 is 0 Å². The Bertz CT molecular complexity index is 919. The van der Waals surface area contributed by atoms with E-state index in [1.807, 2.05) is 24.3 Å². The maximum absolute atomic E-state index is 13.2. The van der Waals surface area contributed by atoms with Crippen molar-refractivity contribution >= 4 is 17.7 Å². The molecule has 0 spiro atoms. The van der Waals surface area contributed by atoms with Crippen molar-refractivity contribution in [3.63, 3.8) is 0 Å². The summed E-state index contributed by atoms with van der Waals surface area (Å²) in [4.78, 5) is 12.8. The van der Waals surface area contributed by atoms with Gasteiger partial charge in [0.2, 0.25) is 5.78 Å². The number of rotatable bonds is 5. The summed E-state index contributed by atoms with van der Waals surface area (Å²) in [6.45, 7) is 0. The van der Waals surface area contributed by atoms with E-state index in [4.69, 9.17) is 0 Å². The SMILES string of the molecule is O=C(/C(=N\N=C/c1cccc(F)c1)c1ccccc1)c1ccccc1. The zero-order valence-corrected chi connectivity index (χ0v) is 13.3. The van der Waals surface area contributed by atoms with E-state index in [2.05, 4.69) is 10.2 Å². The Balaban J connectivity index is 1.95. The van der Waals surface area contributed by atoms with Gasteiger partial charge in [-0.25, -0.2) is 4.39 Å². The van der Waals surface area contributed by atoms with Crippen LogP contribution in [0.25, 0.3) is 0 Å². The third kappa shape index (κ3) is 4.32. The highest BCUT2D eigenvalue weighted by atomic mass is 19.1. The van der Waals surface area contributed by atoms with Gasteiger partial charge in [-0.3, -0.25) is 4.79 Å². The summed E-state index contributed by atoms with van der Waals surface area (Å²) >= 11 is 0. The Morgan fingerprint density at radius 1 is 0.800 bits per heavy atom. The van der Waals surface area contributed by atoms with Gasteiger partial charge in [0.1, 0.15) is 11.5 Å². The lowest BCUT2D eigenvalue weighted by molar-refractivity contribution is 0.106. The molecule has 3 nitrogen and oxygen atoms in total. The second-order valence-electron chi connectivity index (χ2n) is 5.31. The van der Waals surface area contributed by atoms with Gasteiger partial charge < -0.3 is 0 Å². The summed E-state index contributed by atoms with van der Waals surface area (Å²) in [7, 11) is 0. The minimum atomic E-state index is -0.350. The Morgan fingerprint density at radius 2 is 1.44 bits per heavy atom. The van der Waals surface area contributed by atoms with Crippen LogP contribution in [-0.2, 0) is 0 Å². The number of hydrogen-bond acceptors (Lipinski definition) is 3. The van der Waals surface area contributed by atoms with Crippen molar-refractivity contribution in [2.75, 3.05) is 0 Å². The predicted octanol–water partition coefficient (Wildman–Crippen LogP) is 4.53. The second kappa shape index (κ2) is 7.93. The first-order chi connectivity index (χ1) is 12.2. The molecule has 0 atom stereocenters. The van der Waals surface area contributed by atoms with Gasteiger partial charge in [0.25, 0.3) is 0 Å². The number of halogens is 1. The maximum atomic E-state index is 13.2. The average Bonchev–Trinajstić information content (AvgIpc) is 2.66. The number of carbonyl (C=O) groups is 1. The van der Waals surface area contributed by atoms with Crippen LogP contribution in [0.5, 0.6) is 0 Å². The second-order valence-corrected chi connectivity index (χ2v) is 5.31. The van der Waals surface area contributed by atoms with E-state index >= 15 is 0 Å². The van der Waals surface area contributed by atoms with Crippen LogP contribution in [0.2, 0.25) is 0 Å². The van der Waals surface area contributed by atoms with Crippen LogP contribution in [-0.4, -0.2) is 17.7 Å². The average molecular weight is 330 g/mol. The molecule has 0 radical (unpaired) electrons. The van der Waals surface area contributed by atoms with Crippen molar-refractivity contribution in [2.24, 2.45) is 10.2 Å². The summed E-state index contributed by atoms with van der Waals surface area (Å²) in [5.74, 6) is -0.570. The van der Waals surface area contributed by atoms with Gasteiger partial charge in [0, 0.05) is 11.1 Å². The quantitative estimate of drug-likeness (QED) is 0.385. The molecule has 0 amide bonds. The molecule has 4 heteroatoms. The fourth-order valence-corrected chi connectivity index (χ4v) is 2.30. The minimum absolute atomic E-state index is 0.219. The van der Waals surface area contributed by atoms with Crippen LogP contribution in [0.1, 0.15) is 21.5 Å². The summed E-state index contributed by atoms with van der Waals surface area (Å²) in [6, 6.07) is 24.0. The molecule has 0 N–H and O–H groups in total. The molecule has 0 heterocycles. The molecule has 0 aromatic heterocycles. The first kappa shape index (κ1) is 16.5. The van der Waals surface area contributed by atoms with Crippen molar-refractivity contribution in [3.8, 4) is 0 Å². The van der Waals surface area contributed by atoms with Crippen LogP contribution >= 0.6 is 0 Å². The van der Waals surface area contributed by atoms with Gasteiger partial charge in [0.15, 0.2) is 0 Å². The molecule has 0 fully saturated rings. The van der Waals surface area contributed by atoms with Crippen LogP contribution in [0.3, 0.4) is 0 Å². The molecule has 0 saturated heterocycles. The number of Topliss-reactive ketones (excluding diaryl/α,β-unsaturated/α-hetero) is 1. The van der Waals surface area contributed by atoms with Gasteiger partial charge in [-0.05, 0) is 17.7 Å². The molecule has 0 bridgehead atoms. The van der Waals surface area contributed by atoms with Gasteiger partial charge in [0.05, 0.1) is 6.21 Å². The molecular formula is C21H15FN2O. The maximum Gasteiger partial charge on any atom is 0.213 e. The third-order valence-corrected chi connectivity index (χ3v) is 3.51. The highest BCUT2D eigenvalue weighted by molar-refractivity contribution is 6.51. The Labute approximate surface area is 145 Å². The molecule has 0 aliphatic rings. The van der Waals surface area contributed by atoms with Crippen molar-refractivity contribution in [1.82, 2.24) is 0 Å². The standard InChI is InChI=1S/C21H15FN2O/c22-19-13-7-8-16(14-19)15-23-24-20(17-9-3-1-4-10-17)21(25)18-11-5-2-6-12-18/h1-15H/b23-15-,24-20-. The first-order valence-corrected chi connectivity index (χ1v) is 7.76. The molecule has 0 unspecified atom stereocenters. The van der Waals surface area contributed by atoms with Gasteiger partial charge >= 0.3 is 0 Å². The highest BCUT2D eigenvalue weighted by Crippen LogP contribution is 2.10. The number of ketones is 1. The van der Waals surface area contributed by atoms with E-state index in [1.54, 1.807) is 48.5 Å². The molecule has 3 aromatic carbocycles. The number of hydrogen-bond donors (Lipinski definition) is 0. The summed E-state index contributed by atoms with van der Waals surface area (Å²) in [6.07, 6.45) is 1.42. The van der Waals surface area contributed by atoms with E-state index in [0.717, 1.165) is 0 Å². The largest absolute Gasteiger partial charge is 0.287 e. The molecule has 0 saturated carbocycles. The lowest BCUT2D eigenvalue weighted by Crippen LogP contribution is -2.15. The number of carbonyl (C=O) groups excluding carboxylic acids is 1. The predicted molar refractivity (Wildman–Crippen MR) is 97.7 cm³/mol. The topological polar surface area (TPSA) is 41.8 Å². The molecule has 122 valence electrons. The summed E-state index contributed by atoms with van der Waals surface area (Å²) < 4.78 is 13.2. The molecular weight excluding hydrogens is 315 g/mol. The molecule has 3 rings (SSSR count). The molecule has 25 heavy (non-hydrogen) atoms. The van der Waals surface area contributed by atoms with Crippen molar-refractivity contribution in [1.29, 1.82) is 0 Å². The van der Waals surface area contributed by atoms with Crippen LogP contribution in [0.4, 0.5) is 4.39 Å². The number of nitrogens with zero attached hydrogens (tertiary/aromatic N) is 2. The van der Waals surface area contributed by atoms with Crippen LogP contribution < -0.4 is 0 Å². The Kier molecular flexibility index (Phi) is 5.22. The van der Waals surface area contributed by atoms with E-state index in [0.29, 0.717) is 16.7 Å². The minimum Gasteiger partial charge on any atom is -0.287 e. The molecule has 0 aliphatic heterocycles. The first-order valence-electron chi connectivity index (χ1n) is 7.76. The normalized spacial score (nSPS) is 11.6. The van der Waals surface area contributed by atoms with E-state index in [1.165, 1.54) is 18.3 Å². The fraction of sp³-hybridized carbons (Fsp3) is 0. The lowest BCUT2D eigenvalue weighted by Gasteiger charge is -2.04. The van der Waals surface area contributed by atoms with Crippen molar-refractivity contribution < 1.29 is 9.18 Å². The van der Waals surface area contributed by atoms with Gasteiger partial charge in [-0.15, -0.1) is 5.10 Å². The summed E-state index contributed by atoms with van der Waals surface area (Å²) in [5, 5.41) is 8.09. The monoisotopic (exact) mass is 330 g/mol. The van der Waals surface area contributed by atoms with Crippen molar-refractivity contribution in [3.05, 3.63) is 107 Å². The van der Waals surface area contributed by atoms with Gasteiger partial charge in [-0.2, -0.15) is 5.10 Å².